The molecular weight excluding hydrogens is 353 g/mol. The molecular formula is C13H8BrCl2NO2. The van der Waals surface area contributed by atoms with Gasteiger partial charge in [-0.3, -0.25) is 0 Å². The van der Waals surface area contributed by atoms with Gasteiger partial charge in [0, 0.05) is 10.0 Å². The van der Waals surface area contributed by atoms with Crippen LogP contribution >= 0.6 is 39.1 Å². The van der Waals surface area contributed by atoms with E-state index in [1.54, 1.807) is 0 Å². The Balaban J connectivity index is 2.10. The number of esters is 1. The van der Waals surface area contributed by atoms with Crippen molar-refractivity contribution in [3.05, 3.63) is 62.3 Å². The number of benzene rings is 1. The maximum absolute atomic E-state index is 11.9. The Kier molecular flexibility index (Phi) is 4.80. The van der Waals surface area contributed by atoms with E-state index in [2.05, 4.69) is 20.9 Å². The van der Waals surface area contributed by atoms with E-state index in [9.17, 15) is 4.79 Å². The highest BCUT2D eigenvalue weighted by Crippen LogP contribution is 2.20. The van der Waals surface area contributed by atoms with Crippen molar-refractivity contribution >= 4 is 45.1 Å². The number of nitrogens with zero attached hydrogens (tertiary/aromatic N) is 1. The van der Waals surface area contributed by atoms with Crippen LogP contribution in [0.25, 0.3) is 0 Å². The lowest BCUT2D eigenvalue weighted by atomic mass is 10.2. The van der Waals surface area contributed by atoms with Crippen LogP contribution in [0.5, 0.6) is 0 Å². The molecule has 1 aromatic heterocycles. The summed E-state index contributed by atoms with van der Waals surface area (Å²) in [6.45, 7) is 0.130. The van der Waals surface area contributed by atoms with Gasteiger partial charge in [0.05, 0.1) is 5.02 Å². The van der Waals surface area contributed by atoms with Crippen molar-refractivity contribution in [1.29, 1.82) is 0 Å². The average molecular weight is 361 g/mol. The Hall–Kier alpha value is -1.10. The lowest BCUT2D eigenvalue weighted by molar-refractivity contribution is 0.0465. The maximum atomic E-state index is 11.9. The molecule has 0 unspecified atom stereocenters. The standard InChI is InChI=1S/C13H8BrCl2NO2/c14-9-4-2-1-3-8(9)7-19-13(18)12-10(15)5-6-11(16)17-12/h1-6H,7H2. The number of halogens is 3. The van der Waals surface area contributed by atoms with Crippen molar-refractivity contribution in [2.24, 2.45) is 0 Å². The monoisotopic (exact) mass is 359 g/mol. The molecule has 0 amide bonds. The molecule has 2 rings (SSSR count). The lowest BCUT2D eigenvalue weighted by Gasteiger charge is -2.07. The highest BCUT2D eigenvalue weighted by atomic mass is 79.9. The Labute approximate surface area is 128 Å². The zero-order valence-electron chi connectivity index (χ0n) is 9.57. The molecule has 2 aromatic rings. The third kappa shape index (κ3) is 3.69. The van der Waals surface area contributed by atoms with Crippen molar-refractivity contribution in [1.82, 2.24) is 4.98 Å². The van der Waals surface area contributed by atoms with E-state index in [0.29, 0.717) is 0 Å². The van der Waals surface area contributed by atoms with Gasteiger partial charge in [-0.25, -0.2) is 9.78 Å². The first kappa shape index (κ1) is 14.3. The largest absolute Gasteiger partial charge is 0.456 e. The minimum atomic E-state index is -0.608. The number of hydrogen-bond acceptors (Lipinski definition) is 3. The van der Waals surface area contributed by atoms with Gasteiger partial charge < -0.3 is 4.74 Å². The van der Waals surface area contributed by atoms with E-state index in [1.165, 1.54) is 12.1 Å². The zero-order valence-corrected chi connectivity index (χ0v) is 12.7. The normalized spacial score (nSPS) is 10.3. The predicted molar refractivity (Wildman–Crippen MR) is 77.5 cm³/mol. The lowest BCUT2D eigenvalue weighted by Crippen LogP contribution is -2.08. The quantitative estimate of drug-likeness (QED) is 0.597. The molecule has 1 heterocycles. The van der Waals surface area contributed by atoms with Crippen LogP contribution in [0.15, 0.2) is 40.9 Å². The number of pyridine rings is 1. The molecule has 0 saturated heterocycles. The zero-order chi connectivity index (χ0) is 13.8. The molecule has 0 saturated carbocycles. The first-order valence-electron chi connectivity index (χ1n) is 5.30. The van der Waals surface area contributed by atoms with E-state index >= 15 is 0 Å². The average Bonchev–Trinajstić information content (AvgIpc) is 2.40. The number of rotatable bonds is 3. The molecule has 1 aromatic carbocycles. The van der Waals surface area contributed by atoms with E-state index in [-0.39, 0.29) is 22.5 Å². The summed E-state index contributed by atoms with van der Waals surface area (Å²) in [6, 6.07) is 10.5. The smallest absolute Gasteiger partial charge is 0.358 e. The number of carbonyl (C=O) groups excluding carboxylic acids is 1. The molecule has 0 atom stereocenters. The van der Waals surface area contributed by atoms with Crippen LogP contribution in [0.2, 0.25) is 10.2 Å². The molecule has 98 valence electrons. The predicted octanol–water partition coefficient (Wildman–Crippen LogP) is 4.51. The van der Waals surface area contributed by atoms with E-state index in [4.69, 9.17) is 27.9 Å². The van der Waals surface area contributed by atoms with Crippen LogP contribution in [0.3, 0.4) is 0 Å². The van der Waals surface area contributed by atoms with Gasteiger partial charge in [-0.1, -0.05) is 57.3 Å². The molecule has 0 aliphatic carbocycles. The Bertz CT molecular complexity index is 619. The molecule has 0 aliphatic heterocycles. The van der Waals surface area contributed by atoms with Gasteiger partial charge in [0.1, 0.15) is 11.8 Å². The molecule has 19 heavy (non-hydrogen) atoms. The molecule has 0 fully saturated rings. The molecule has 6 heteroatoms. The number of hydrogen-bond donors (Lipinski definition) is 0. The third-order valence-corrected chi connectivity index (χ3v) is 3.61. The summed E-state index contributed by atoms with van der Waals surface area (Å²) >= 11 is 15.0. The summed E-state index contributed by atoms with van der Waals surface area (Å²) in [5.41, 5.74) is 0.871. The second-order valence-electron chi connectivity index (χ2n) is 3.63. The molecule has 0 N–H and O–H groups in total. The van der Waals surface area contributed by atoms with Gasteiger partial charge in [-0.05, 0) is 18.2 Å². The number of carbonyl (C=O) groups is 1. The van der Waals surface area contributed by atoms with Gasteiger partial charge in [0.15, 0.2) is 5.69 Å². The van der Waals surface area contributed by atoms with Crippen LogP contribution in [0.1, 0.15) is 16.1 Å². The summed E-state index contributed by atoms with van der Waals surface area (Å²) in [6.07, 6.45) is 0. The van der Waals surface area contributed by atoms with Crippen LogP contribution in [-0.4, -0.2) is 11.0 Å². The Morgan fingerprint density at radius 3 is 2.68 bits per heavy atom. The van der Waals surface area contributed by atoms with Crippen molar-refractivity contribution in [3.8, 4) is 0 Å². The van der Waals surface area contributed by atoms with Crippen molar-refractivity contribution in [2.45, 2.75) is 6.61 Å². The fraction of sp³-hybridized carbons (Fsp3) is 0.0769. The Morgan fingerprint density at radius 1 is 1.21 bits per heavy atom. The molecule has 3 nitrogen and oxygen atoms in total. The highest BCUT2D eigenvalue weighted by molar-refractivity contribution is 9.10. The first-order chi connectivity index (χ1) is 9.08. The number of ether oxygens (including phenoxy) is 1. The van der Waals surface area contributed by atoms with E-state index < -0.39 is 5.97 Å². The molecule has 0 aliphatic rings. The van der Waals surface area contributed by atoms with Crippen LogP contribution < -0.4 is 0 Å². The second-order valence-corrected chi connectivity index (χ2v) is 5.28. The van der Waals surface area contributed by atoms with Gasteiger partial charge >= 0.3 is 5.97 Å². The summed E-state index contributed by atoms with van der Waals surface area (Å²) in [5.74, 6) is -0.608. The molecule has 0 radical (unpaired) electrons. The Morgan fingerprint density at radius 2 is 1.95 bits per heavy atom. The van der Waals surface area contributed by atoms with Crippen LogP contribution in [0.4, 0.5) is 0 Å². The maximum Gasteiger partial charge on any atom is 0.358 e. The van der Waals surface area contributed by atoms with Crippen LogP contribution in [-0.2, 0) is 11.3 Å². The highest BCUT2D eigenvalue weighted by Gasteiger charge is 2.15. The van der Waals surface area contributed by atoms with Crippen molar-refractivity contribution in [3.63, 3.8) is 0 Å². The topological polar surface area (TPSA) is 39.2 Å². The van der Waals surface area contributed by atoms with Crippen LogP contribution in [0, 0.1) is 0 Å². The number of aromatic nitrogens is 1. The summed E-state index contributed by atoms with van der Waals surface area (Å²) in [4.78, 5) is 15.7. The molecule has 0 spiro atoms. The fourth-order valence-electron chi connectivity index (χ4n) is 1.39. The van der Waals surface area contributed by atoms with E-state index in [1.807, 2.05) is 24.3 Å². The van der Waals surface area contributed by atoms with Gasteiger partial charge in [-0.2, -0.15) is 0 Å². The van der Waals surface area contributed by atoms with Gasteiger partial charge in [0.2, 0.25) is 0 Å². The molecule has 0 bridgehead atoms. The van der Waals surface area contributed by atoms with Crippen molar-refractivity contribution in [2.75, 3.05) is 0 Å². The second kappa shape index (κ2) is 6.37. The first-order valence-corrected chi connectivity index (χ1v) is 6.85. The minimum absolute atomic E-state index is 0.0150. The minimum Gasteiger partial charge on any atom is -0.456 e. The summed E-state index contributed by atoms with van der Waals surface area (Å²) in [7, 11) is 0. The summed E-state index contributed by atoms with van der Waals surface area (Å²) in [5, 5.41) is 0.402. The van der Waals surface area contributed by atoms with Gasteiger partial charge in [-0.15, -0.1) is 0 Å². The SMILES string of the molecule is O=C(OCc1ccccc1Br)c1nc(Cl)ccc1Cl. The summed E-state index contributed by atoms with van der Waals surface area (Å²) < 4.78 is 6.02. The third-order valence-electron chi connectivity index (χ3n) is 2.32. The van der Waals surface area contributed by atoms with Gasteiger partial charge in [0.25, 0.3) is 0 Å². The fourth-order valence-corrected chi connectivity index (χ4v) is 2.12. The van der Waals surface area contributed by atoms with Crippen molar-refractivity contribution < 1.29 is 9.53 Å². The van der Waals surface area contributed by atoms with E-state index in [0.717, 1.165) is 10.0 Å².